The first-order valence-electron chi connectivity index (χ1n) is 6.77. The number of hydrogen-bond acceptors (Lipinski definition) is 5. The van der Waals surface area contributed by atoms with Gasteiger partial charge < -0.3 is 5.32 Å². The van der Waals surface area contributed by atoms with Crippen molar-refractivity contribution in [1.82, 2.24) is 10.2 Å². The van der Waals surface area contributed by atoms with Crippen molar-refractivity contribution in [3.63, 3.8) is 0 Å². The molecule has 0 spiro atoms. The molecule has 118 valence electrons. The van der Waals surface area contributed by atoms with E-state index in [0.717, 1.165) is 11.3 Å². The normalized spacial score (nSPS) is 11.2. The van der Waals surface area contributed by atoms with Gasteiger partial charge in [0.05, 0.1) is 5.75 Å². The fourth-order valence-corrected chi connectivity index (χ4v) is 3.04. The second-order valence-corrected chi connectivity index (χ2v) is 7.09. The van der Waals surface area contributed by atoms with Gasteiger partial charge in [-0.3, -0.25) is 4.72 Å². The number of benzene rings is 1. The molecule has 1 aromatic carbocycles. The summed E-state index contributed by atoms with van der Waals surface area (Å²) in [6.45, 7) is 3.74. The zero-order chi connectivity index (χ0) is 16.2. The quantitative estimate of drug-likeness (QED) is 0.842. The molecule has 0 saturated carbocycles. The van der Waals surface area contributed by atoms with Gasteiger partial charge in [-0.15, -0.1) is 10.2 Å². The topological polar surface area (TPSA) is 84.0 Å². The van der Waals surface area contributed by atoms with Crippen LogP contribution in [-0.2, 0) is 10.0 Å². The van der Waals surface area contributed by atoms with E-state index in [9.17, 15) is 8.42 Å². The summed E-state index contributed by atoms with van der Waals surface area (Å²) in [6, 6.07) is 8.70. The molecule has 0 radical (unpaired) electrons. The van der Waals surface area contributed by atoms with Crippen molar-refractivity contribution in [2.24, 2.45) is 0 Å². The maximum absolute atomic E-state index is 11.6. The number of halogens is 1. The summed E-state index contributed by atoms with van der Waals surface area (Å²) in [7, 11) is -3.36. The molecule has 2 N–H and O–H groups in total. The van der Waals surface area contributed by atoms with Crippen molar-refractivity contribution < 1.29 is 8.42 Å². The molecule has 0 aliphatic carbocycles. The molecule has 0 bridgehead atoms. The summed E-state index contributed by atoms with van der Waals surface area (Å²) in [5.74, 6) is 0.752. The van der Waals surface area contributed by atoms with Gasteiger partial charge in [-0.2, -0.15) is 0 Å². The van der Waals surface area contributed by atoms with E-state index in [1.54, 1.807) is 31.2 Å². The summed E-state index contributed by atoms with van der Waals surface area (Å²) in [6.07, 6.45) is 0.538. The van der Waals surface area contributed by atoms with Crippen LogP contribution < -0.4 is 10.0 Å². The zero-order valence-corrected chi connectivity index (χ0v) is 13.9. The summed E-state index contributed by atoms with van der Waals surface area (Å²) in [5, 5.41) is 11.5. The third-order valence-electron chi connectivity index (χ3n) is 2.86. The number of nitrogens with zero attached hydrogens (tertiary/aromatic N) is 2. The van der Waals surface area contributed by atoms with E-state index in [4.69, 9.17) is 11.6 Å². The molecule has 2 rings (SSSR count). The van der Waals surface area contributed by atoms with Gasteiger partial charge in [0.2, 0.25) is 10.0 Å². The highest BCUT2D eigenvalue weighted by Gasteiger charge is 2.10. The van der Waals surface area contributed by atoms with E-state index in [1.165, 1.54) is 0 Å². The summed E-state index contributed by atoms with van der Waals surface area (Å²) < 4.78 is 25.7. The molecule has 0 atom stereocenters. The van der Waals surface area contributed by atoms with Crippen LogP contribution in [0.25, 0.3) is 0 Å². The second kappa shape index (κ2) is 6.93. The van der Waals surface area contributed by atoms with Gasteiger partial charge in [0, 0.05) is 10.7 Å². The van der Waals surface area contributed by atoms with E-state index in [-0.39, 0.29) is 11.6 Å². The van der Waals surface area contributed by atoms with Gasteiger partial charge in [0.1, 0.15) is 0 Å². The van der Waals surface area contributed by atoms with Crippen molar-refractivity contribution >= 4 is 38.9 Å². The average molecular weight is 341 g/mol. The van der Waals surface area contributed by atoms with Crippen LogP contribution in [0.3, 0.4) is 0 Å². The summed E-state index contributed by atoms with van der Waals surface area (Å²) in [4.78, 5) is 0. The fraction of sp³-hybridized carbons (Fsp3) is 0.286. The van der Waals surface area contributed by atoms with Gasteiger partial charge in [-0.05, 0) is 43.2 Å². The van der Waals surface area contributed by atoms with Gasteiger partial charge in [0.25, 0.3) is 0 Å². The Morgan fingerprint density at radius 2 is 1.82 bits per heavy atom. The molecule has 0 amide bonds. The van der Waals surface area contributed by atoms with E-state index in [1.807, 2.05) is 13.0 Å². The Hall–Kier alpha value is -1.86. The first-order chi connectivity index (χ1) is 10.4. The maximum atomic E-state index is 11.6. The van der Waals surface area contributed by atoms with E-state index < -0.39 is 10.0 Å². The van der Waals surface area contributed by atoms with Gasteiger partial charge in [-0.25, -0.2) is 8.42 Å². The Bertz CT molecular complexity index is 748. The van der Waals surface area contributed by atoms with Crippen molar-refractivity contribution in [2.45, 2.75) is 20.3 Å². The lowest BCUT2D eigenvalue weighted by Crippen LogP contribution is -2.17. The van der Waals surface area contributed by atoms with Gasteiger partial charge in [0.15, 0.2) is 11.6 Å². The first kappa shape index (κ1) is 16.5. The fourth-order valence-electron chi connectivity index (χ4n) is 1.80. The second-order valence-electron chi connectivity index (χ2n) is 4.81. The third-order valence-corrected chi connectivity index (χ3v) is 4.56. The lowest BCUT2D eigenvalue weighted by molar-refractivity contribution is 0.599. The average Bonchev–Trinajstić information content (AvgIpc) is 2.44. The highest BCUT2D eigenvalue weighted by atomic mass is 35.5. The number of rotatable bonds is 6. The van der Waals surface area contributed by atoms with E-state index in [2.05, 4.69) is 20.2 Å². The van der Waals surface area contributed by atoms with Gasteiger partial charge >= 0.3 is 0 Å². The minimum atomic E-state index is -3.36. The molecule has 2 aromatic rings. The Balaban J connectivity index is 2.11. The molecular formula is C14H17ClN4O2S. The van der Waals surface area contributed by atoms with E-state index in [0.29, 0.717) is 17.3 Å². The summed E-state index contributed by atoms with van der Waals surface area (Å²) >= 11 is 5.96. The van der Waals surface area contributed by atoms with Crippen LogP contribution in [0.15, 0.2) is 30.3 Å². The number of aromatic nitrogens is 2. The molecule has 6 nitrogen and oxygen atoms in total. The molecule has 0 saturated heterocycles. The van der Waals surface area contributed by atoms with Crippen LogP contribution in [0.1, 0.15) is 18.9 Å². The van der Waals surface area contributed by atoms with Crippen LogP contribution in [0.5, 0.6) is 0 Å². The zero-order valence-electron chi connectivity index (χ0n) is 12.3. The van der Waals surface area contributed by atoms with Crippen LogP contribution in [0.4, 0.5) is 17.3 Å². The number of hydrogen-bond donors (Lipinski definition) is 2. The molecule has 0 aliphatic heterocycles. The SMILES string of the molecule is CCCS(=O)(=O)Nc1ccc(Nc2cc(Cl)ccc2C)nn1. The van der Waals surface area contributed by atoms with Gasteiger partial charge in [-0.1, -0.05) is 24.6 Å². The van der Waals surface area contributed by atoms with Crippen molar-refractivity contribution in [2.75, 3.05) is 15.8 Å². The standard InChI is InChI=1S/C14H17ClN4O2S/c1-3-8-22(20,21)19-14-7-6-13(17-18-14)16-12-9-11(15)5-4-10(12)2/h4-7,9H,3,8H2,1-2H3,(H,16,17)(H,18,19). The molecule has 0 unspecified atom stereocenters. The summed E-state index contributed by atoms with van der Waals surface area (Å²) in [5.41, 5.74) is 1.83. The lowest BCUT2D eigenvalue weighted by atomic mass is 10.2. The maximum Gasteiger partial charge on any atom is 0.233 e. The minimum absolute atomic E-state index is 0.0520. The number of sulfonamides is 1. The Labute approximate surface area is 135 Å². The lowest BCUT2D eigenvalue weighted by Gasteiger charge is -2.10. The smallest absolute Gasteiger partial charge is 0.233 e. The largest absolute Gasteiger partial charge is 0.338 e. The Morgan fingerprint density at radius 1 is 1.14 bits per heavy atom. The Morgan fingerprint density at radius 3 is 2.45 bits per heavy atom. The highest BCUT2D eigenvalue weighted by molar-refractivity contribution is 7.92. The molecule has 0 aliphatic rings. The monoisotopic (exact) mass is 340 g/mol. The molecule has 8 heteroatoms. The van der Waals surface area contributed by atoms with Crippen LogP contribution >= 0.6 is 11.6 Å². The number of nitrogens with one attached hydrogen (secondary N) is 2. The molecule has 0 fully saturated rings. The molecular weight excluding hydrogens is 324 g/mol. The number of aryl methyl sites for hydroxylation is 1. The minimum Gasteiger partial charge on any atom is -0.338 e. The number of anilines is 3. The molecule has 22 heavy (non-hydrogen) atoms. The third kappa shape index (κ3) is 4.57. The van der Waals surface area contributed by atoms with Crippen molar-refractivity contribution in [3.8, 4) is 0 Å². The highest BCUT2D eigenvalue weighted by Crippen LogP contribution is 2.23. The van der Waals surface area contributed by atoms with Crippen LogP contribution in [-0.4, -0.2) is 24.4 Å². The molecule has 1 heterocycles. The predicted octanol–water partition coefficient (Wildman–Crippen LogP) is 3.33. The molecule has 1 aromatic heterocycles. The predicted molar refractivity (Wildman–Crippen MR) is 89.2 cm³/mol. The van der Waals surface area contributed by atoms with Crippen molar-refractivity contribution in [3.05, 3.63) is 40.9 Å². The van der Waals surface area contributed by atoms with Crippen molar-refractivity contribution in [1.29, 1.82) is 0 Å². The van der Waals surface area contributed by atoms with Crippen LogP contribution in [0.2, 0.25) is 5.02 Å². The van der Waals surface area contributed by atoms with E-state index >= 15 is 0 Å². The first-order valence-corrected chi connectivity index (χ1v) is 8.80. The Kier molecular flexibility index (Phi) is 5.20. The van der Waals surface area contributed by atoms with Crippen LogP contribution in [0, 0.1) is 6.92 Å².